The molecular weight excluding hydrogens is 568 g/mol. The molecule has 4 aliphatic rings. The van der Waals surface area contributed by atoms with Crippen LogP contribution in [0.1, 0.15) is 79.6 Å². The van der Waals surface area contributed by atoms with Crippen LogP contribution >= 0.6 is 15.9 Å². The molecule has 0 aromatic rings. The van der Waals surface area contributed by atoms with E-state index in [0.717, 1.165) is 31.0 Å². The second-order valence-corrected chi connectivity index (χ2v) is 13.4. The minimum atomic E-state index is -1.93. The lowest BCUT2D eigenvalue weighted by atomic mass is 9.59. The molecule has 2 saturated carbocycles. The van der Waals surface area contributed by atoms with Gasteiger partial charge in [0.15, 0.2) is 11.4 Å². The van der Waals surface area contributed by atoms with Crippen LogP contribution in [-0.2, 0) is 23.9 Å². The van der Waals surface area contributed by atoms with Crippen molar-refractivity contribution in [2.24, 2.45) is 29.1 Å². The third kappa shape index (κ3) is 4.56. The minimum absolute atomic E-state index is 0.111. The molecule has 4 aliphatic carbocycles. The van der Waals surface area contributed by atoms with Gasteiger partial charge in [0.05, 0.1) is 12.2 Å². The maximum absolute atomic E-state index is 13.2. The largest absolute Gasteiger partial charge is 0.458 e. The quantitative estimate of drug-likeness (QED) is 0.147. The summed E-state index contributed by atoms with van der Waals surface area (Å²) in [6, 6.07) is 0. The molecule has 9 heteroatoms. The number of aliphatic hydroxyl groups is 3. The SMILES string of the molecule is CC(=O)O[C@@]12[C@H](OC(=O)CCCCCCCBr)[C@@H](C)[C@@]3(O)[C@@H](C=C(CO)C[C@]4(O)C(=O)C(C)=C[C@@H]34)[C@@H]1C2(C)C. The van der Waals surface area contributed by atoms with Gasteiger partial charge < -0.3 is 24.8 Å². The average Bonchev–Trinajstić information content (AvgIpc) is 3.29. The summed E-state index contributed by atoms with van der Waals surface area (Å²) >= 11 is 3.43. The Morgan fingerprint density at radius 2 is 1.74 bits per heavy atom. The normalized spacial score (nSPS) is 39.9. The molecule has 8 nitrogen and oxygen atoms in total. The number of hydrogen-bond donors (Lipinski definition) is 3. The first-order chi connectivity index (χ1) is 18.2. The molecular formula is C30H43BrO8. The number of carbonyl (C=O) groups excluding carboxylic acids is 3. The molecule has 0 aromatic heterocycles. The van der Waals surface area contributed by atoms with E-state index in [1.807, 2.05) is 13.8 Å². The van der Waals surface area contributed by atoms with Crippen LogP contribution in [-0.4, -0.2) is 67.9 Å². The smallest absolute Gasteiger partial charge is 0.306 e. The Bertz CT molecular complexity index is 1080. The lowest BCUT2D eigenvalue weighted by Crippen LogP contribution is -2.66. The fraction of sp³-hybridized carbons (Fsp3) is 0.767. The number of aliphatic hydroxyl groups excluding tert-OH is 1. The fourth-order valence-corrected chi connectivity index (χ4v) is 8.55. The first kappa shape index (κ1) is 30.4. The van der Waals surface area contributed by atoms with Crippen molar-refractivity contribution in [3.05, 3.63) is 23.3 Å². The molecule has 0 unspecified atom stereocenters. The highest BCUT2D eigenvalue weighted by atomic mass is 79.9. The van der Waals surface area contributed by atoms with Crippen LogP contribution < -0.4 is 0 Å². The number of hydrogen-bond acceptors (Lipinski definition) is 8. The topological polar surface area (TPSA) is 130 Å². The van der Waals surface area contributed by atoms with E-state index in [9.17, 15) is 29.7 Å². The molecule has 4 rings (SSSR count). The van der Waals surface area contributed by atoms with Gasteiger partial charge in [-0.25, -0.2) is 0 Å². The number of Topliss-reactive ketones (excluding diaryl/α,β-unsaturated/α-hetero) is 1. The van der Waals surface area contributed by atoms with Crippen LogP contribution in [0.4, 0.5) is 0 Å². The summed E-state index contributed by atoms with van der Waals surface area (Å²) in [5.41, 5.74) is -4.73. The Morgan fingerprint density at radius 1 is 1.10 bits per heavy atom. The number of alkyl halides is 1. The van der Waals surface area contributed by atoms with Gasteiger partial charge in [-0.2, -0.15) is 0 Å². The molecule has 0 radical (unpaired) electrons. The van der Waals surface area contributed by atoms with Crippen molar-refractivity contribution in [2.45, 2.75) is 102 Å². The van der Waals surface area contributed by atoms with Gasteiger partial charge in [-0.05, 0) is 30.9 Å². The Kier molecular flexibility index (Phi) is 8.34. The molecule has 0 aliphatic heterocycles. The minimum Gasteiger partial charge on any atom is -0.458 e. The molecule has 0 bridgehead atoms. The van der Waals surface area contributed by atoms with Crippen molar-refractivity contribution in [1.29, 1.82) is 0 Å². The third-order valence-electron chi connectivity index (χ3n) is 10.0. The number of halogens is 1. The third-order valence-corrected chi connectivity index (χ3v) is 10.6. The van der Waals surface area contributed by atoms with E-state index >= 15 is 0 Å². The Hall–Kier alpha value is -1.55. The van der Waals surface area contributed by atoms with Crippen LogP contribution in [0, 0.1) is 29.1 Å². The molecule has 39 heavy (non-hydrogen) atoms. The van der Waals surface area contributed by atoms with Crippen LogP contribution in [0.25, 0.3) is 0 Å². The summed E-state index contributed by atoms with van der Waals surface area (Å²) in [7, 11) is 0. The maximum Gasteiger partial charge on any atom is 0.306 e. The Morgan fingerprint density at radius 3 is 2.36 bits per heavy atom. The number of esters is 2. The predicted octanol–water partition coefficient (Wildman–Crippen LogP) is 3.79. The number of unbranched alkanes of at least 4 members (excludes halogenated alkanes) is 4. The van der Waals surface area contributed by atoms with Crippen molar-refractivity contribution < 1.29 is 39.2 Å². The second kappa shape index (κ2) is 10.7. The van der Waals surface area contributed by atoms with Crippen molar-refractivity contribution in [1.82, 2.24) is 0 Å². The van der Waals surface area contributed by atoms with Crippen LogP contribution in [0.15, 0.2) is 23.3 Å². The van der Waals surface area contributed by atoms with Gasteiger partial charge in [0.2, 0.25) is 0 Å². The van der Waals surface area contributed by atoms with E-state index < -0.39 is 69.7 Å². The van der Waals surface area contributed by atoms with Gasteiger partial charge in [-0.15, -0.1) is 0 Å². The second-order valence-electron chi connectivity index (χ2n) is 12.6. The average molecular weight is 612 g/mol. The molecule has 0 saturated heterocycles. The molecule has 218 valence electrons. The highest BCUT2D eigenvalue weighted by Gasteiger charge is 2.87. The van der Waals surface area contributed by atoms with Gasteiger partial charge in [-0.3, -0.25) is 14.4 Å². The van der Waals surface area contributed by atoms with Gasteiger partial charge in [0, 0.05) is 54.2 Å². The highest BCUT2D eigenvalue weighted by Crippen LogP contribution is 2.77. The van der Waals surface area contributed by atoms with Crippen molar-refractivity contribution in [2.75, 3.05) is 11.9 Å². The molecule has 0 aromatic carbocycles. The van der Waals surface area contributed by atoms with Crippen molar-refractivity contribution in [3.8, 4) is 0 Å². The molecule has 2 fully saturated rings. The predicted molar refractivity (Wildman–Crippen MR) is 148 cm³/mol. The molecule has 0 heterocycles. The van der Waals surface area contributed by atoms with E-state index in [1.165, 1.54) is 6.92 Å². The Balaban J connectivity index is 1.73. The van der Waals surface area contributed by atoms with E-state index in [0.29, 0.717) is 17.6 Å². The first-order valence-corrected chi connectivity index (χ1v) is 15.3. The lowest BCUT2D eigenvalue weighted by Gasteiger charge is -2.53. The zero-order chi connectivity index (χ0) is 29.0. The zero-order valence-corrected chi connectivity index (χ0v) is 25.3. The molecule has 3 N–H and O–H groups in total. The number of ketones is 1. The number of carbonyl (C=O) groups is 3. The van der Waals surface area contributed by atoms with Crippen molar-refractivity contribution in [3.63, 3.8) is 0 Å². The summed E-state index contributed by atoms with van der Waals surface area (Å²) in [5.74, 6) is -4.34. The van der Waals surface area contributed by atoms with Crippen LogP contribution in [0.5, 0.6) is 0 Å². The summed E-state index contributed by atoms with van der Waals surface area (Å²) in [6.45, 7) is 8.14. The van der Waals surface area contributed by atoms with Gasteiger partial charge in [0.25, 0.3) is 0 Å². The zero-order valence-electron chi connectivity index (χ0n) is 23.7. The summed E-state index contributed by atoms with van der Waals surface area (Å²) in [4.78, 5) is 38.8. The van der Waals surface area contributed by atoms with E-state index in [4.69, 9.17) is 9.47 Å². The monoisotopic (exact) mass is 610 g/mol. The maximum atomic E-state index is 13.2. The van der Waals surface area contributed by atoms with E-state index in [1.54, 1.807) is 26.0 Å². The standard InChI is InChI=1S/C30H43BrO8/c1-17-13-22-28(36,25(17)35)15-20(16-32)14-21-24-27(4,5)30(24,39-19(3)33)26(18(2)29(21,22)37)38-23(34)11-9-7-6-8-10-12-31/h13-14,18,21-22,24,26,32,36-37H,6-12,15-16H2,1-5H3/t18-,21+,22-,24-,26-,28-,29-,30-/m1/s1. The molecule has 8 atom stereocenters. The summed E-state index contributed by atoms with van der Waals surface area (Å²) in [5, 5.41) is 35.5. The highest BCUT2D eigenvalue weighted by molar-refractivity contribution is 9.09. The summed E-state index contributed by atoms with van der Waals surface area (Å²) < 4.78 is 12.2. The number of ether oxygens (including phenoxy) is 2. The molecule has 0 spiro atoms. The number of fused-ring (bicyclic) bond motifs is 5. The van der Waals surface area contributed by atoms with Crippen LogP contribution in [0.2, 0.25) is 0 Å². The lowest BCUT2D eigenvalue weighted by molar-refractivity contribution is -0.228. The summed E-state index contributed by atoms with van der Waals surface area (Å²) in [6.07, 6.45) is 7.25. The van der Waals surface area contributed by atoms with Gasteiger partial charge in [-0.1, -0.05) is 68.1 Å². The van der Waals surface area contributed by atoms with E-state index in [2.05, 4.69) is 15.9 Å². The number of rotatable bonds is 10. The molecule has 0 amide bonds. The van der Waals surface area contributed by atoms with Crippen LogP contribution in [0.3, 0.4) is 0 Å². The van der Waals surface area contributed by atoms with E-state index in [-0.39, 0.29) is 19.4 Å². The fourth-order valence-electron chi connectivity index (χ4n) is 8.16. The first-order valence-electron chi connectivity index (χ1n) is 14.2. The van der Waals surface area contributed by atoms with Gasteiger partial charge >= 0.3 is 11.9 Å². The van der Waals surface area contributed by atoms with Gasteiger partial charge in [0.1, 0.15) is 11.7 Å². The Labute approximate surface area is 239 Å². The van der Waals surface area contributed by atoms with Crippen molar-refractivity contribution >= 4 is 33.7 Å².